The Balaban J connectivity index is 1.85. The number of rotatable bonds is 7. The summed E-state index contributed by atoms with van der Waals surface area (Å²) >= 11 is 0. The number of aryl methyl sites for hydroxylation is 1. The molecule has 1 aromatic carbocycles. The van der Waals surface area contributed by atoms with Gasteiger partial charge in [-0.3, -0.25) is 9.89 Å². The van der Waals surface area contributed by atoms with Crippen LogP contribution >= 0.6 is 0 Å². The van der Waals surface area contributed by atoms with Crippen molar-refractivity contribution in [2.45, 2.75) is 46.2 Å². The van der Waals surface area contributed by atoms with E-state index >= 15 is 0 Å². The number of nitrogens with one attached hydrogen (secondary N) is 2. The lowest BCUT2D eigenvalue weighted by molar-refractivity contribution is 0.226. The zero-order valence-corrected chi connectivity index (χ0v) is 16.4. The fourth-order valence-electron chi connectivity index (χ4n) is 3.45. The molecule has 140 valence electrons. The second-order valence-electron chi connectivity index (χ2n) is 7.31. The largest absolute Gasteiger partial charge is 0.496 e. The average molecular weight is 347 g/mol. The van der Waals surface area contributed by atoms with E-state index in [1.165, 1.54) is 31.5 Å². The minimum atomic E-state index is 0.606. The third-order valence-electron chi connectivity index (χ3n) is 4.72. The summed E-state index contributed by atoms with van der Waals surface area (Å²) < 4.78 is 5.48. The molecule has 25 heavy (non-hydrogen) atoms. The maximum absolute atomic E-state index is 5.48. The van der Waals surface area contributed by atoms with Crippen molar-refractivity contribution in [1.82, 2.24) is 15.5 Å². The van der Waals surface area contributed by atoms with Gasteiger partial charge >= 0.3 is 0 Å². The molecule has 0 aromatic heterocycles. The topological polar surface area (TPSA) is 48.9 Å². The molecule has 0 bridgehead atoms. The lowest BCUT2D eigenvalue weighted by Crippen LogP contribution is -2.45. The Morgan fingerprint density at radius 1 is 1.36 bits per heavy atom. The summed E-state index contributed by atoms with van der Waals surface area (Å²) in [4.78, 5) is 6.96. The van der Waals surface area contributed by atoms with E-state index in [1.807, 2.05) is 7.05 Å². The van der Waals surface area contributed by atoms with Crippen LogP contribution in [0.1, 0.15) is 37.8 Å². The number of likely N-dealkylation sites (tertiary alicyclic amines) is 1. The van der Waals surface area contributed by atoms with E-state index in [9.17, 15) is 0 Å². The molecule has 0 unspecified atom stereocenters. The smallest absolute Gasteiger partial charge is 0.191 e. The molecular formula is C20H34N4O. The van der Waals surface area contributed by atoms with Gasteiger partial charge in [-0.2, -0.15) is 0 Å². The Bertz CT molecular complexity index is 571. The molecule has 1 aliphatic heterocycles. The molecule has 5 nitrogen and oxygen atoms in total. The van der Waals surface area contributed by atoms with Crippen molar-refractivity contribution >= 4 is 5.96 Å². The van der Waals surface area contributed by atoms with Crippen molar-refractivity contribution in [3.8, 4) is 5.75 Å². The Hall–Kier alpha value is -1.75. The monoisotopic (exact) mass is 346 g/mol. The van der Waals surface area contributed by atoms with Gasteiger partial charge in [-0.25, -0.2) is 0 Å². The third kappa shape index (κ3) is 5.92. The van der Waals surface area contributed by atoms with Crippen LogP contribution < -0.4 is 15.4 Å². The van der Waals surface area contributed by atoms with E-state index in [-0.39, 0.29) is 0 Å². The molecular weight excluding hydrogens is 312 g/mol. The molecule has 0 radical (unpaired) electrons. The van der Waals surface area contributed by atoms with Gasteiger partial charge in [-0.15, -0.1) is 0 Å². The molecule has 0 amide bonds. The van der Waals surface area contributed by atoms with Gasteiger partial charge in [-0.1, -0.05) is 26.0 Å². The average Bonchev–Trinajstić information content (AvgIpc) is 3.02. The SMILES string of the molecule is CN=C(NCc1ccc(C)cc1OC)NC[C@H]1CCCN1CC(C)C. The van der Waals surface area contributed by atoms with Crippen molar-refractivity contribution in [3.63, 3.8) is 0 Å². The van der Waals surface area contributed by atoms with Crippen LogP contribution in [0.2, 0.25) is 0 Å². The first-order chi connectivity index (χ1) is 12.0. The number of hydrogen-bond donors (Lipinski definition) is 2. The number of hydrogen-bond acceptors (Lipinski definition) is 3. The number of nitrogens with zero attached hydrogens (tertiary/aromatic N) is 2. The Morgan fingerprint density at radius 2 is 2.16 bits per heavy atom. The number of guanidine groups is 1. The summed E-state index contributed by atoms with van der Waals surface area (Å²) in [6, 6.07) is 6.89. The molecule has 1 aromatic rings. The highest BCUT2D eigenvalue weighted by Gasteiger charge is 2.24. The van der Waals surface area contributed by atoms with Crippen LogP contribution in [0.3, 0.4) is 0 Å². The first-order valence-corrected chi connectivity index (χ1v) is 9.35. The number of benzene rings is 1. The van der Waals surface area contributed by atoms with Crippen molar-refractivity contribution < 1.29 is 4.74 Å². The van der Waals surface area contributed by atoms with Gasteiger partial charge in [0.15, 0.2) is 5.96 Å². The molecule has 1 saturated heterocycles. The summed E-state index contributed by atoms with van der Waals surface area (Å²) in [5, 5.41) is 6.89. The summed E-state index contributed by atoms with van der Waals surface area (Å²) in [6.45, 7) is 10.7. The van der Waals surface area contributed by atoms with E-state index in [1.54, 1.807) is 7.11 Å². The quantitative estimate of drug-likeness (QED) is 0.589. The van der Waals surface area contributed by atoms with Crippen LogP contribution in [0, 0.1) is 12.8 Å². The molecule has 1 aliphatic rings. The minimum Gasteiger partial charge on any atom is -0.496 e. The van der Waals surface area contributed by atoms with Gasteiger partial charge < -0.3 is 15.4 Å². The summed E-state index contributed by atoms with van der Waals surface area (Å²) in [7, 11) is 3.54. The minimum absolute atomic E-state index is 0.606. The molecule has 1 atom stereocenters. The lowest BCUT2D eigenvalue weighted by atomic mass is 10.1. The molecule has 0 aliphatic carbocycles. The summed E-state index contributed by atoms with van der Waals surface area (Å²) in [5.74, 6) is 2.48. The highest BCUT2D eigenvalue weighted by atomic mass is 16.5. The van der Waals surface area contributed by atoms with Crippen molar-refractivity contribution in [2.75, 3.05) is 33.8 Å². The van der Waals surface area contributed by atoms with Crippen LogP contribution in [0.5, 0.6) is 5.75 Å². The van der Waals surface area contributed by atoms with Crippen LogP contribution in [0.4, 0.5) is 0 Å². The molecule has 2 N–H and O–H groups in total. The molecule has 0 saturated carbocycles. The zero-order chi connectivity index (χ0) is 18.2. The normalized spacial score (nSPS) is 18.6. The van der Waals surface area contributed by atoms with Gasteiger partial charge in [0, 0.05) is 38.3 Å². The van der Waals surface area contributed by atoms with Crippen molar-refractivity contribution in [3.05, 3.63) is 29.3 Å². The fraction of sp³-hybridized carbons (Fsp3) is 0.650. The van der Waals surface area contributed by atoms with Crippen LogP contribution in [-0.2, 0) is 6.54 Å². The molecule has 1 heterocycles. The van der Waals surface area contributed by atoms with E-state index in [4.69, 9.17) is 4.74 Å². The maximum atomic E-state index is 5.48. The van der Waals surface area contributed by atoms with Gasteiger partial charge in [0.2, 0.25) is 0 Å². The van der Waals surface area contributed by atoms with Gasteiger partial charge in [-0.05, 0) is 43.9 Å². The van der Waals surface area contributed by atoms with E-state index in [0.29, 0.717) is 18.5 Å². The predicted molar refractivity (Wildman–Crippen MR) is 105 cm³/mol. The first-order valence-electron chi connectivity index (χ1n) is 9.35. The summed E-state index contributed by atoms with van der Waals surface area (Å²) in [5.41, 5.74) is 2.34. The van der Waals surface area contributed by atoms with Gasteiger partial charge in [0.25, 0.3) is 0 Å². The van der Waals surface area contributed by atoms with Gasteiger partial charge in [0.05, 0.1) is 7.11 Å². The van der Waals surface area contributed by atoms with E-state index in [2.05, 4.69) is 59.5 Å². The fourth-order valence-corrected chi connectivity index (χ4v) is 3.45. The second-order valence-corrected chi connectivity index (χ2v) is 7.31. The molecule has 0 spiro atoms. The molecule has 2 rings (SSSR count). The first kappa shape index (κ1) is 19.6. The Labute approximate surface area is 152 Å². The molecule has 1 fully saturated rings. The zero-order valence-electron chi connectivity index (χ0n) is 16.4. The number of ether oxygens (including phenoxy) is 1. The summed E-state index contributed by atoms with van der Waals surface area (Å²) in [6.07, 6.45) is 2.56. The Kier molecular flexibility index (Phi) is 7.56. The molecule has 5 heteroatoms. The lowest BCUT2D eigenvalue weighted by Gasteiger charge is -2.27. The van der Waals surface area contributed by atoms with E-state index in [0.717, 1.165) is 23.8 Å². The Morgan fingerprint density at radius 3 is 2.84 bits per heavy atom. The van der Waals surface area contributed by atoms with Crippen molar-refractivity contribution in [1.29, 1.82) is 0 Å². The van der Waals surface area contributed by atoms with Gasteiger partial charge in [0.1, 0.15) is 5.75 Å². The standard InChI is InChI=1S/C20H34N4O/c1-15(2)14-24-10-6-7-18(24)13-23-20(21-4)22-12-17-9-8-16(3)11-19(17)25-5/h8-9,11,15,18H,6-7,10,12-14H2,1-5H3,(H2,21,22,23)/t18-/m1/s1. The third-order valence-corrected chi connectivity index (χ3v) is 4.72. The van der Waals surface area contributed by atoms with Crippen LogP contribution in [0.25, 0.3) is 0 Å². The number of aliphatic imine (C=N–C) groups is 1. The predicted octanol–water partition coefficient (Wildman–Crippen LogP) is 2.79. The van der Waals surface area contributed by atoms with Crippen molar-refractivity contribution in [2.24, 2.45) is 10.9 Å². The van der Waals surface area contributed by atoms with E-state index < -0.39 is 0 Å². The highest BCUT2D eigenvalue weighted by molar-refractivity contribution is 5.79. The highest BCUT2D eigenvalue weighted by Crippen LogP contribution is 2.20. The second kappa shape index (κ2) is 9.66. The van der Waals surface area contributed by atoms with Crippen LogP contribution in [-0.4, -0.2) is 50.7 Å². The van der Waals surface area contributed by atoms with Crippen LogP contribution in [0.15, 0.2) is 23.2 Å². The number of methoxy groups -OCH3 is 1. The maximum Gasteiger partial charge on any atom is 0.191 e.